The van der Waals surface area contributed by atoms with Crippen LogP contribution in [0.2, 0.25) is 0 Å². The van der Waals surface area contributed by atoms with Crippen LogP contribution >= 0.6 is 0 Å². The van der Waals surface area contributed by atoms with Crippen LogP contribution in [0.3, 0.4) is 0 Å². The number of carbonyl (C=O) groups excluding carboxylic acids is 1. The lowest BCUT2D eigenvalue weighted by Gasteiger charge is -2.12. The number of amides is 1. The predicted molar refractivity (Wildman–Crippen MR) is 112 cm³/mol. The number of aromatic nitrogens is 3. The SMILES string of the molecule is CC1OCc2c1c1ncnc(N)c1n2-c1ccc(Oc2ccccc2C(N)=O)cc1. The molecule has 5 rings (SSSR count). The first-order valence-electron chi connectivity index (χ1n) is 9.47. The summed E-state index contributed by atoms with van der Waals surface area (Å²) < 4.78 is 13.7. The fourth-order valence-corrected chi connectivity index (χ4v) is 3.89. The number of fused-ring (bicyclic) bond motifs is 3. The van der Waals surface area contributed by atoms with Crippen LogP contribution in [-0.2, 0) is 11.3 Å². The van der Waals surface area contributed by atoms with Crippen molar-refractivity contribution in [1.82, 2.24) is 14.5 Å². The number of para-hydroxylation sites is 1. The fraction of sp³-hybridized carbons (Fsp3) is 0.136. The van der Waals surface area contributed by atoms with Gasteiger partial charge in [-0.05, 0) is 43.3 Å². The van der Waals surface area contributed by atoms with Gasteiger partial charge in [0.05, 0.1) is 24.0 Å². The van der Waals surface area contributed by atoms with Gasteiger partial charge in [-0.15, -0.1) is 0 Å². The molecular formula is C22H19N5O3. The van der Waals surface area contributed by atoms with Crippen LogP contribution in [0.4, 0.5) is 5.82 Å². The molecule has 0 saturated heterocycles. The van der Waals surface area contributed by atoms with Gasteiger partial charge in [0.1, 0.15) is 28.9 Å². The monoisotopic (exact) mass is 401 g/mol. The third kappa shape index (κ3) is 2.77. The second-order valence-electron chi connectivity index (χ2n) is 7.06. The van der Waals surface area contributed by atoms with E-state index in [-0.39, 0.29) is 6.10 Å². The largest absolute Gasteiger partial charge is 0.457 e. The molecule has 0 fully saturated rings. The minimum atomic E-state index is -0.541. The van der Waals surface area contributed by atoms with Crippen molar-refractivity contribution in [2.45, 2.75) is 19.6 Å². The summed E-state index contributed by atoms with van der Waals surface area (Å²) in [7, 11) is 0. The second kappa shape index (κ2) is 6.85. The summed E-state index contributed by atoms with van der Waals surface area (Å²) in [6, 6.07) is 14.3. The molecule has 0 saturated carbocycles. The van der Waals surface area contributed by atoms with Crippen LogP contribution in [-0.4, -0.2) is 20.4 Å². The summed E-state index contributed by atoms with van der Waals surface area (Å²) in [5.74, 6) is 0.859. The van der Waals surface area contributed by atoms with E-state index >= 15 is 0 Å². The van der Waals surface area contributed by atoms with Crippen LogP contribution in [0, 0.1) is 0 Å². The molecule has 2 aromatic heterocycles. The zero-order valence-electron chi connectivity index (χ0n) is 16.2. The Labute approximate surface area is 172 Å². The zero-order valence-corrected chi connectivity index (χ0v) is 16.2. The van der Waals surface area contributed by atoms with Crippen molar-refractivity contribution in [3.8, 4) is 17.2 Å². The number of ether oxygens (including phenoxy) is 2. The Balaban J connectivity index is 1.57. The maximum Gasteiger partial charge on any atom is 0.252 e. The highest BCUT2D eigenvalue weighted by Crippen LogP contribution is 2.40. The Hall–Kier alpha value is -3.91. The highest BCUT2D eigenvalue weighted by molar-refractivity contribution is 5.95. The Bertz CT molecular complexity index is 1280. The van der Waals surface area contributed by atoms with E-state index < -0.39 is 5.91 Å². The lowest BCUT2D eigenvalue weighted by Crippen LogP contribution is -2.11. The maximum absolute atomic E-state index is 11.6. The molecule has 8 nitrogen and oxygen atoms in total. The topological polar surface area (TPSA) is 118 Å². The summed E-state index contributed by atoms with van der Waals surface area (Å²) in [6.07, 6.45) is 1.41. The van der Waals surface area contributed by atoms with Gasteiger partial charge in [-0.3, -0.25) is 4.79 Å². The highest BCUT2D eigenvalue weighted by atomic mass is 16.5. The minimum absolute atomic E-state index is 0.0639. The quantitative estimate of drug-likeness (QED) is 0.540. The molecular weight excluding hydrogens is 382 g/mol. The molecule has 1 atom stereocenters. The molecule has 1 amide bonds. The number of benzene rings is 2. The Morgan fingerprint density at radius 1 is 1.17 bits per heavy atom. The van der Waals surface area contributed by atoms with Gasteiger partial charge in [-0.25, -0.2) is 9.97 Å². The third-order valence-electron chi connectivity index (χ3n) is 5.26. The summed E-state index contributed by atoms with van der Waals surface area (Å²) in [4.78, 5) is 20.2. The van der Waals surface area contributed by atoms with E-state index in [1.54, 1.807) is 24.3 Å². The summed E-state index contributed by atoms with van der Waals surface area (Å²) >= 11 is 0. The van der Waals surface area contributed by atoms with Crippen molar-refractivity contribution in [2.75, 3.05) is 5.73 Å². The Morgan fingerprint density at radius 2 is 1.93 bits per heavy atom. The molecule has 0 bridgehead atoms. The van der Waals surface area contributed by atoms with Gasteiger partial charge in [0, 0.05) is 11.3 Å². The van der Waals surface area contributed by atoms with Crippen molar-refractivity contribution in [1.29, 1.82) is 0 Å². The van der Waals surface area contributed by atoms with Gasteiger partial charge in [-0.1, -0.05) is 12.1 Å². The number of nitrogens with zero attached hydrogens (tertiary/aromatic N) is 3. The van der Waals surface area contributed by atoms with Gasteiger partial charge in [-0.2, -0.15) is 0 Å². The van der Waals surface area contributed by atoms with E-state index in [1.807, 2.05) is 35.8 Å². The summed E-state index contributed by atoms with van der Waals surface area (Å²) in [5, 5.41) is 0. The number of primary amides is 1. The number of anilines is 1. The van der Waals surface area contributed by atoms with Crippen molar-refractivity contribution >= 4 is 22.8 Å². The van der Waals surface area contributed by atoms with E-state index in [1.165, 1.54) is 6.33 Å². The molecule has 8 heteroatoms. The molecule has 3 heterocycles. The van der Waals surface area contributed by atoms with Gasteiger partial charge in [0.15, 0.2) is 5.82 Å². The number of hydrogen-bond acceptors (Lipinski definition) is 6. The first-order valence-corrected chi connectivity index (χ1v) is 9.47. The molecule has 1 aliphatic heterocycles. The molecule has 30 heavy (non-hydrogen) atoms. The Morgan fingerprint density at radius 3 is 2.70 bits per heavy atom. The number of hydrogen-bond donors (Lipinski definition) is 2. The average molecular weight is 401 g/mol. The molecule has 0 aliphatic carbocycles. The predicted octanol–water partition coefficient (Wildman–Crippen LogP) is 3.49. The standard InChI is InChI=1S/C22H19N5O3/c1-12-18-16(10-29-12)27(20-19(18)25-11-26-21(20)23)13-6-8-14(9-7-13)30-17-5-3-2-4-15(17)22(24)28/h2-9,11-12H,10H2,1H3,(H2,24,28)(H2,23,25,26). The van der Waals surface area contributed by atoms with Crippen molar-refractivity contribution in [3.63, 3.8) is 0 Å². The van der Waals surface area contributed by atoms with E-state index in [0.717, 1.165) is 28.0 Å². The second-order valence-corrected chi connectivity index (χ2v) is 7.06. The van der Waals surface area contributed by atoms with Crippen molar-refractivity contribution in [3.05, 3.63) is 71.7 Å². The number of nitrogen functional groups attached to an aromatic ring is 1. The number of rotatable bonds is 4. The van der Waals surface area contributed by atoms with Gasteiger partial charge >= 0.3 is 0 Å². The van der Waals surface area contributed by atoms with Crippen LogP contribution < -0.4 is 16.2 Å². The number of carbonyl (C=O) groups is 1. The van der Waals surface area contributed by atoms with Gasteiger partial charge in [0.25, 0.3) is 5.91 Å². The molecule has 4 N–H and O–H groups in total. The lowest BCUT2D eigenvalue weighted by atomic mass is 10.1. The summed E-state index contributed by atoms with van der Waals surface area (Å²) in [5.41, 5.74) is 16.5. The zero-order chi connectivity index (χ0) is 20.8. The Kier molecular flexibility index (Phi) is 4.14. The molecule has 0 radical (unpaired) electrons. The molecule has 1 aliphatic rings. The molecule has 1 unspecified atom stereocenters. The molecule has 0 spiro atoms. The minimum Gasteiger partial charge on any atom is -0.457 e. The van der Waals surface area contributed by atoms with E-state index in [2.05, 4.69) is 9.97 Å². The molecule has 150 valence electrons. The van der Waals surface area contributed by atoms with Gasteiger partial charge < -0.3 is 25.5 Å². The third-order valence-corrected chi connectivity index (χ3v) is 5.26. The number of nitrogens with two attached hydrogens (primary N) is 2. The van der Waals surface area contributed by atoms with E-state index in [0.29, 0.717) is 29.5 Å². The van der Waals surface area contributed by atoms with Crippen LogP contribution in [0.5, 0.6) is 11.5 Å². The highest BCUT2D eigenvalue weighted by Gasteiger charge is 2.30. The summed E-state index contributed by atoms with van der Waals surface area (Å²) in [6.45, 7) is 2.47. The maximum atomic E-state index is 11.6. The van der Waals surface area contributed by atoms with E-state index in [4.69, 9.17) is 20.9 Å². The fourth-order valence-electron chi connectivity index (χ4n) is 3.89. The van der Waals surface area contributed by atoms with E-state index in [9.17, 15) is 4.79 Å². The van der Waals surface area contributed by atoms with Crippen LogP contribution in [0.25, 0.3) is 16.7 Å². The lowest BCUT2D eigenvalue weighted by molar-refractivity contribution is 0.0783. The molecule has 2 aromatic carbocycles. The van der Waals surface area contributed by atoms with Crippen LogP contribution in [0.1, 0.15) is 34.6 Å². The smallest absolute Gasteiger partial charge is 0.252 e. The normalized spacial score (nSPS) is 15.3. The van der Waals surface area contributed by atoms with Crippen molar-refractivity contribution < 1.29 is 14.3 Å². The molecule has 4 aromatic rings. The van der Waals surface area contributed by atoms with Crippen LogP contribution in [0.15, 0.2) is 54.9 Å². The first kappa shape index (κ1) is 18.1. The van der Waals surface area contributed by atoms with Gasteiger partial charge in [0.2, 0.25) is 0 Å². The average Bonchev–Trinajstić information content (AvgIpc) is 3.28. The van der Waals surface area contributed by atoms with Crippen molar-refractivity contribution in [2.24, 2.45) is 5.73 Å². The first-order chi connectivity index (χ1) is 14.5.